The summed E-state index contributed by atoms with van der Waals surface area (Å²) in [6.45, 7) is 8.27. The van der Waals surface area contributed by atoms with E-state index in [-0.39, 0.29) is 0 Å². The number of hydrogen-bond acceptors (Lipinski definition) is 1. The molecule has 0 aliphatic rings. The van der Waals surface area contributed by atoms with Crippen molar-refractivity contribution in [1.29, 1.82) is 0 Å². The zero-order valence-corrected chi connectivity index (χ0v) is 7.40. The minimum atomic E-state index is 0.486. The number of methoxy groups -OCH3 is 1. The molecule has 1 nitrogen and oxygen atoms in total. The summed E-state index contributed by atoms with van der Waals surface area (Å²) in [6, 6.07) is 0. The molecule has 0 spiro atoms. The van der Waals surface area contributed by atoms with Crippen molar-refractivity contribution in [1.82, 2.24) is 0 Å². The third-order valence-corrected chi connectivity index (χ3v) is 1.24. The molecule has 58 valence electrons. The van der Waals surface area contributed by atoms with E-state index < -0.39 is 0 Å². The van der Waals surface area contributed by atoms with Gasteiger partial charge in [0.1, 0.15) is 0 Å². The summed E-state index contributed by atoms with van der Waals surface area (Å²) in [4.78, 5) is 0. The first-order chi connectivity index (χ1) is 4.35. The van der Waals surface area contributed by atoms with E-state index in [4.69, 9.17) is 4.74 Å². The van der Waals surface area contributed by atoms with E-state index in [2.05, 4.69) is 13.8 Å². The normalized spacial score (nSPS) is 8.67. The highest BCUT2D eigenvalue weighted by atomic mass is 16.5. The van der Waals surface area contributed by atoms with Crippen LogP contribution in [-0.2, 0) is 4.74 Å². The van der Waals surface area contributed by atoms with Gasteiger partial charge < -0.3 is 4.74 Å². The Balaban J connectivity index is 0. The lowest BCUT2D eigenvalue weighted by molar-refractivity contribution is 0.0964. The van der Waals surface area contributed by atoms with Crippen LogP contribution in [0.3, 0.4) is 0 Å². The fourth-order valence-corrected chi connectivity index (χ4v) is 0.622. The highest BCUT2D eigenvalue weighted by Gasteiger charge is 1.96. The molecule has 0 atom stereocenters. The summed E-state index contributed by atoms with van der Waals surface area (Å²) in [5.41, 5.74) is 0. The molecule has 0 radical (unpaired) electrons. The lowest BCUT2D eigenvalue weighted by Gasteiger charge is -2.07. The van der Waals surface area contributed by atoms with Crippen molar-refractivity contribution in [2.45, 2.75) is 46.6 Å². The molecular formula is C8H20O. The van der Waals surface area contributed by atoms with Crippen molar-refractivity contribution in [2.24, 2.45) is 0 Å². The molecule has 0 heterocycles. The number of ether oxygens (including phenoxy) is 1. The monoisotopic (exact) mass is 132 g/mol. The lowest BCUT2D eigenvalue weighted by atomic mass is 10.2. The van der Waals surface area contributed by atoms with Crippen molar-refractivity contribution >= 4 is 0 Å². The van der Waals surface area contributed by atoms with E-state index in [0.717, 1.165) is 12.8 Å². The van der Waals surface area contributed by atoms with Gasteiger partial charge in [-0.25, -0.2) is 0 Å². The van der Waals surface area contributed by atoms with Crippen LogP contribution in [0.1, 0.15) is 40.5 Å². The first-order valence-corrected chi connectivity index (χ1v) is 3.87. The predicted molar refractivity (Wildman–Crippen MR) is 42.7 cm³/mol. The van der Waals surface area contributed by atoms with E-state index in [0.29, 0.717) is 6.10 Å². The van der Waals surface area contributed by atoms with Gasteiger partial charge in [0.2, 0.25) is 0 Å². The van der Waals surface area contributed by atoms with Crippen LogP contribution >= 0.6 is 0 Å². The maximum absolute atomic E-state index is 5.05. The summed E-state index contributed by atoms with van der Waals surface area (Å²) in [5, 5.41) is 0. The smallest absolute Gasteiger partial charge is 0.0566 e. The molecule has 0 N–H and O–H groups in total. The maximum Gasteiger partial charge on any atom is 0.0566 e. The molecule has 0 saturated carbocycles. The molecule has 0 aromatic carbocycles. The largest absolute Gasteiger partial charge is 0.381 e. The second kappa shape index (κ2) is 10.9. The van der Waals surface area contributed by atoms with Gasteiger partial charge >= 0.3 is 0 Å². The van der Waals surface area contributed by atoms with Crippen LogP contribution in [-0.4, -0.2) is 13.2 Å². The van der Waals surface area contributed by atoms with E-state index >= 15 is 0 Å². The van der Waals surface area contributed by atoms with Gasteiger partial charge in [0, 0.05) is 7.11 Å². The molecule has 9 heavy (non-hydrogen) atoms. The van der Waals surface area contributed by atoms with Gasteiger partial charge in [-0.05, 0) is 12.8 Å². The fraction of sp³-hybridized carbons (Fsp3) is 1.00. The zero-order chi connectivity index (χ0) is 7.70. The highest BCUT2D eigenvalue weighted by molar-refractivity contribution is 4.47. The molecule has 0 aromatic heterocycles. The highest BCUT2D eigenvalue weighted by Crippen LogP contribution is 1.98. The van der Waals surface area contributed by atoms with Crippen LogP contribution in [0.25, 0.3) is 0 Å². The molecule has 0 aliphatic heterocycles. The van der Waals surface area contributed by atoms with Crippen molar-refractivity contribution in [3.63, 3.8) is 0 Å². The molecule has 0 rings (SSSR count). The number of rotatable bonds is 3. The zero-order valence-electron chi connectivity index (χ0n) is 7.40. The Kier molecular flexibility index (Phi) is 14.1. The average molecular weight is 132 g/mol. The van der Waals surface area contributed by atoms with E-state index in [9.17, 15) is 0 Å². The van der Waals surface area contributed by atoms with E-state index in [1.54, 1.807) is 7.11 Å². The molecule has 0 aliphatic carbocycles. The predicted octanol–water partition coefficient (Wildman–Crippen LogP) is 2.85. The van der Waals surface area contributed by atoms with E-state index in [1.165, 1.54) is 0 Å². The van der Waals surface area contributed by atoms with Crippen LogP contribution < -0.4 is 0 Å². The van der Waals surface area contributed by atoms with Gasteiger partial charge in [-0.3, -0.25) is 0 Å². The second-order valence-electron chi connectivity index (χ2n) is 1.67. The van der Waals surface area contributed by atoms with Gasteiger partial charge in [0.05, 0.1) is 6.10 Å². The van der Waals surface area contributed by atoms with Crippen molar-refractivity contribution < 1.29 is 4.74 Å². The molecule has 0 saturated heterocycles. The van der Waals surface area contributed by atoms with Crippen molar-refractivity contribution in [3.05, 3.63) is 0 Å². The molecule has 0 aromatic rings. The van der Waals surface area contributed by atoms with E-state index in [1.807, 2.05) is 13.8 Å². The molecular weight excluding hydrogens is 112 g/mol. The van der Waals surface area contributed by atoms with Gasteiger partial charge in [0.15, 0.2) is 0 Å². The van der Waals surface area contributed by atoms with Crippen molar-refractivity contribution in [3.8, 4) is 0 Å². The minimum absolute atomic E-state index is 0.486. The summed E-state index contributed by atoms with van der Waals surface area (Å²) < 4.78 is 5.05. The fourth-order valence-electron chi connectivity index (χ4n) is 0.622. The van der Waals surface area contributed by atoms with Crippen LogP contribution in [0.2, 0.25) is 0 Å². The first kappa shape index (κ1) is 11.7. The van der Waals surface area contributed by atoms with Crippen molar-refractivity contribution in [2.75, 3.05) is 7.11 Å². The third kappa shape index (κ3) is 7.96. The second-order valence-corrected chi connectivity index (χ2v) is 1.67. The Bertz CT molecular complexity index is 26.0. The van der Waals surface area contributed by atoms with Gasteiger partial charge in [0.25, 0.3) is 0 Å². The Hall–Kier alpha value is -0.0400. The molecule has 0 amide bonds. The standard InChI is InChI=1S/C6H14O.C2H6/c1-4-6(5-2)7-3;1-2/h6H,4-5H2,1-3H3;1-2H3. The van der Waals surface area contributed by atoms with Gasteiger partial charge in [-0.15, -0.1) is 0 Å². The quantitative estimate of drug-likeness (QED) is 0.573. The SMILES string of the molecule is CC.CCC(CC)OC. The van der Waals surface area contributed by atoms with Crippen LogP contribution in [0.15, 0.2) is 0 Å². The molecule has 0 unspecified atom stereocenters. The van der Waals surface area contributed by atoms with Crippen LogP contribution in [0.5, 0.6) is 0 Å². The minimum Gasteiger partial charge on any atom is -0.381 e. The summed E-state index contributed by atoms with van der Waals surface area (Å²) in [5.74, 6) is 0. The Labute approximate surface area is 59.4 Å². The average Bonchev–Trinajstić information content (AvgIpc) is 1.96. The number of hydrogen-bond donors (Lipinski definition) is 0. The summed E-state index contributed by atoms with van der Waals surface area (Å²) >= 11 is 0. The molecule has 0 bridgehead atoms. The van der Waals surface area contributed by atoms with Crippen LogP contribution in [0.4, 0.5) is 0 Å². The van der Waals surface area contributed by atoms with Gasteiger partial charge in [-0.1, -0.05) is 27.7 Å². The third-order valence-electron chi connectivity index (χ3n) is 1.24. The van der Waals surface area contributed by atoms with Gasteiger partial charge in [-0.2, -0.15) is 0 Å². The Morgan fingerprint density at radius 3 is 1.44 bits per heavy atom. The van der Waals surface area contributed by atoms with Crippen LogP contribution in [0, 0.1) is 0 Å². The maximum atomic E-state index is 5.05. The Morgan fingerprint density at radius 1 is 1.11 bits per heavy atom. The molecule has 0 fully saturated rings. The first-order valence-electron chi connectivity index (χ1n) is 3.87. The lowest BCUT2D eigenvalue weighted by Crippen LogP contribution is -2.05. The summed E-state index contributed by atoms with van der Waals surface area (Å²) in [6.07, 6.45) is 2.75. The molecule has 1 heteroatoms. The summed E-state index contributed by atoms with van der Waals surface area (Å²) in [7, 11) is 1.76. The topological polar surface area (TPSA) is 9.23 Å². The Morgan fingerprint density at radius 2 is 1.44 bits per heavy atom.